The topological polar surface area (TPSA) is 16.8 Å². The van der Waals surface area contributed by atoms with Gasteiger partial charge in [0.05, 0.1) is 12.4 Å². The van der Waals surface area contributed by atoms with Crippen LogP contribution in [-0.2, 0) is 12.5 Å². The van der Waals surface area contributed by atoms with Gasteiger partial charge >= 0.3 is 0 Å². The minimum atomic E-state index is -0.0278. The van der Waals surface area contributed by atoms with Crippen molar-refractivity contribution in [3.05, 3.63) is 58.4 Å². The lowest BCUT2D eigenvalue weighted by Crippen LogP contribution is -2.36. The van der Waals surface area contributed by atoms with Crippen LogP contribution >= 0.6 is 0 Å². The molecule has 2 heteroatoms. The highest BCUT2D eigenvalue weighted by atomic mass is 15.0. The van der Waals surface area contributed by atoms with Crippen molar-refractivity contribution in [2.24, 2.45) is 7.05 Å². The van der Waals surface area contributed by atoms with E-state index in [1.807, 2.05) is 6.33 Å². The normalized spacial score (nSPS) is 14.9. The number of fused-ring (bicyclic) bond motifs is 2. The van der Waals surface area contributed by atoms with E-state index in [2.05, 4.69) is 77.4 Å². The van der Waals surface area contributed by atoms with Gasteiger partial charge in [-0.15, -0.1) is 0 Å². The second-order valence-electron chi connectivity index (χ2n) is 8.38. The first-order valence-electron chi connectivity index (χ1n) is 9.17. The van der Waals surface area contributed by atoms with E-state index < -0.39 is 0 Å². The molecule has 0 amide bonds. The highest BCUT2D eigenvalue weighted by Crippen LogP contribution is 2.49. The maximum atomic E-state index is 4.78. The van der Waals surface area contributed by atoms with E-state index in [0.717, 1.165) is 5.52 Å². The van der Waals surface area contributed by atoms with E-state index >= 15 is 0 Å². The summed E-state index contributed by atoms with van der Waals surface area (Å²) in [4.78, 5) is 4.78. The van der Waals surface area contributed by atoms with Crippen molar-refractivity contribution >= 4 is 10.9 Å². The lowest BCUT2D eigenvalue weighted by atomic mass is 9.68. The summed E-state index contributed by atoms with van der Waals surface area (Å²) in [5.74, 6) is 0.497. The summed E-state index contributed by atoms with van der Waals surface area (Å²) >= 11 is 0. The Morgan fingerprint density at radius 3 is 2.44 bits per heavy atom. The van der Waals surface area contributed by atoms with Gasteiger partial charge in [0.2, 0.25) is 0 Å². The smallest absolute Gasteiger partial charge is 0.232 e. The van der Waals surface area contributed by atoms with Gasteiger partial charge in [0, 0.05) is 11.0 Å². The Kier molecular flexibility index (Phi) is 3.34. The molecule has 0 N–H and O–H groups in total. The molecule has 0 spiro atoms. The molecule has 1 aliphatic rings. The average molecular weight is 331 g/mol. The van der Waals surface area contributed by atoms with E-state index in [1.165, 1.54) is 44.5 Å². The minimum absolute atomic E-state index is 0.0278. The lowest BCUT2D eigenvalue weighted by molar-refractivity contribution is -0.662. The van der Waals surface area contributed by atoms with Crippen LogP contribution in [0.15, 0.2) is 30.6 Å². The molecular formula is C23H27N2+. The molecule has 0 radical (unpaired) electrons. The van der Waals surface area contributed by atoms with Gasteiger partial charge in [-0.05, 0) is 58.6 Å². The fourth-order valence-electron chi connectivity index (χ4n) is 4.30. The fraction of sp³-hybridized carbons (Fsp3) is 0.391. The standard InChI is InChI=1S/C23H27N2/c1-13(2)16-10-18-21-19(11-16)24-12-25(7)22(21)20-15(4)14(3)8-9-17(20)23(18,5)6/h8-13H,1-7H3/q+1. The first kappa shape index (κ1) is 16.3. The van der Waals surface area contributed by atoms with E-state index in [9.17, 15) is 0 Å². The third-order valence-corrected chi connectivity index (χ3v) is 6.09. The first-order chi connectivity index (χ1) is 11.7. The quantitative estimate of drug-likeness (QED) is 0.566. The van der Waals surface area contributed by atoms with E-state index in [-0.39, 0.29) is 5.41 Å². The number of benzene rings is 2. The Hall–Kier alpha value is -2.22. The maximum absolute atomic E-state index is 4.78. The zero-order valence-corrected chi connectivity index (χ0v) is 16.4. The fourth-order valence-corrected chi connectivity index (χ4v) is 4.30. The molecule has 4 rings (SSSR count). The lowest BCUT2D eigenvalue weighted by Gasteiger charge is -2.35. The number of hydrogen-bond donors (Lipinski definition) is 0. The second kappa shape index (κ2) is 5.14. The van der Waals surface area contributed by atoms with Crippen LogP contribution in [0.5, 0.6) is 0 Å². The molecule has 3 aromatic rings. The monoisotopic (exact) mass is 331 g/mol. The van der Waals surface area contributed by atoms with Crippen molar-refractivity contribution in [3.63, 3.8) is 0 Å². The first-order valence-corrected chi connectivity index (χ1v) is 9.17. The van der Waals surface area contributed by atoms with Gasteiger partial charge in [-0.1, -0.05) is 45.9 Å². The van der Waals surface area contributed by atoms with E-state index in [4.69, 9.17) is 4.98 Å². The van der Waals surface area contributed by atoms with Crippen LogP contribution in [0, 0.1) is 13.8 Å². The van der Waals surface area contributed by atoms with Crippen LogP contribution in [0.3, 0.4) is 0 Å². The van der Waals surface area contributed by atoms with Crippen molar-refractivity contribution in [1.82, 2.24) is 4.98 Å². The Bertz CT molecular complexity index is 1030. The minimum Gasteiger partial charge on any atom is -0.232 e. The maximum Gasteiger partial charge on any atom is 0.287 e. The van der Waals surface area contributed by atoms with Crippen LogP contribution in [0.25, 0.3) is 22.2 Å². The van der Waals surface area contributed by atoms with Gasteiger partial charge in [0.15, 0.2) is 5.52 Å². The molecule has 1 aromatic heterocycles. The largest absolute Gasteiger partial charge is 0.287 e. The van der Waals surface area contributed by atoms with Crippen molar-refractivity contribution in [2.45, 2.75) is 52.9 Å². The van der Waals surface area contributed by atoms with Gasteiger partial charge in [0.1, 0.15) is 5.69 Å². The number of hydrogen-bond acceptors (Lipinski definition) is 1. The summed E-state index contributed by atoms with van der Waals surface area (Å²) in [6.07, 6.45) is 1.97. The predicted molar refractivity (Wildman–Crippen MR) is 104 cm³/mol. The zero-order chi connectivity index (χ0) is 18.1. The molecule has 0 unspecified atom stereocenters. The van der Waals surface area contributed by atoms with Crippen LogP contribution in [0.4, 0.5) is 0 Å². The van der Waals surface area contributed by atoms with Gasteiger partial charge < -0.3 is 0 Å². The number of rotatable bonds is 1. The van der Waals surface area contributed by atoms with E-state index in [1.54, 1.807) is 0 Å². The summed E-state index contributed by atoms with van der Waals surface area (Å²) in [7, 11) is 2.12. The summed E-state index contributed by atoms with van der Waals surface area (Å²) < 4.78 is 2.20. The SMILES string of the molecule is Cc1ccc2c(c1C)-c1c3c(cc(C(C)C)cc3nc[n+]1C)C2(C)C. The van der Waals surface area contributed by atoms with Gasteiger partial charge in [-0.3, -0.25) is 0 Å². The van der Waals surface area contributed by atoms with Crippen molar-refractivity contribution in [1.29, 1.82) is 0 Å². The van der Waals surface area contributed by atoms with Crippen molar-refractivity contribution < 1.29 is 4.57 Å². The summed E-state index contributed by atoms with van der Waals surface area (Å²) in [5.41, 5.74) is 10.7. The highest BCUT2D eigenvalue weighted by Gasteiger charge is 2.38. The van der Waals surface area contributed by atoms with E-state index in [0.29, 0.717) is 5.92 Å². The number of aromatic nitrogens is 2. The second-order valence-corrected chi connectivity index (χ2v) is 8.38. The molecule has 25 heavy (non-hydrogen) atoms. The van der Waals surface area contributed by atoms with Crippen LogP contribution in [0.2, 0.25) is 0 Å². The Morgan fingerprint density at radius 1 is 1.04 bits per heavy atom. The molecule has 1 aliphatic carbocycles. The third-order valence-electron chi connectivity index (χ3n) is 6.09. The zero-order valence-electron chi connectivity index (χ0n) is 16.4. The summed E-state index contributed by atoms with van der Waals surface area (Å²) in [6.45, 7) is 13.7. The van der Waals surface area contributed by atoms with Crippen LogP contribution in [-0.4, -0.2) is 4.98 Å². The third kappa shape index (κ3) is 2.09. The molecule has 0 atom stereocenters. The van der Waals surface area contributed by atoms with Gasteiger partial charge in [-0.2, -0.15) is 0 Å². The number of aryl methyl sites for hydroxylation is 2. The molecule has 2 nitrogen and oxygen atoms in total. The number of nitrogens with zero attached hydrogens (tertiary/aromatic N) is 2. The molecule has 0 saturated carbocycles. The predicted octanol–water partition coefficient (Wildman–Crippen LogP) is 5.11. The summed E-state index contributed by atoms with van der Waals surface area (Å²) in [6, 6.07) is 9.29. The van der Waals surface area contributed by atoms with Crippen molar-refractivity contribution in [2.75, 3.05) is 0 Å². The molecule has 0 fully saturated rings. The molecule has 128 valence electrons. The Morgan fingerprint density at radius 2 is 1.76 bits per heavy atom. The van der Waals surface area contributed by atoms with Crippen LogP contribution in [0.1, 0.15) is 61.4 Å². The molecule has 0 bridgehead atoms. The van der Waals surface area contributed by atoms with Crippen molar-refractivity contribution in [3.8, 4) is 11.3 Å². The average Bonchev–Trinajstić information content (AvgIpc) is 2.56. The van der Waals surface area contributed by atoms with Crippen LogP contribution < -0.4 is 4.57 Å². The van der Waals surface area contributed by atoms with Gasteiger partial charge in [0.25, 0.3) is 6.33 Å². The molecule has 0 saturated heterocycles. The Labute approximate surface area is 150 Å². The molecular weight excluding hydrogens is 304 g/mol. The molecule has 0 aliphatic heterocycles. The summed E-state index contributed by atoms with van der Waals surface area (Å²) in [5, 5.41) is 1.32. The molecule has 2 aromatic carbocycles. The Balaban J connectivity index is 2.27. The molecule has 1 heterocycles. The van der Waals surface area contributed by atoms with Gasteiger partial charge in [-0.25, -0.2) is 4.57 Å². The highest BCUT2D eigenvalue weighted by molar-refractivity contribution is 5.99.